The number of nitrogens with one attached hydrogen (secondary N) is 1. The predicted octanol–water partition coefficient (Wildman–Crippen LogP) is 2.60. The zero-order valence-electron chi connectivity index (χ0n) is 10.6. The molecule has 1 heterocycles. The Bertz CT molecular complexity index is 336. The van der Waals surface area contributed by atoms with Gasteiger partial charge in [-0.1, -0.05) is 26.3 Å². The van der Waals surface area contributed by atoms with Crippen molar-refractivity contribution in [3.63, 3.8) is 0 Å². The lowest BCUT2D eigenvalue weighted by Crippen LogP contribution is -2.40. The molecule has 0 spiro atoms. The molecule has 90 valence electrons. The average Bonchev–Trinajstić information content (AvgIpc) is 2.25. The van der Waals surface area contributed by atoms with E-state index in [4.69, 9.17) is 0 Å². The smallest absolute Gasteiger partial charge is 0.126 e. The molecule has 2 atom stereocenters. The van der Waals surface area contributed by atoms with E-state index in [0.29, 0.717) is 6.54 Å². The molecule has 0 radical (unpaired) electrons. The lowest BCUT2D eigenvalue weighted by molar-refractivity contribution is 0.0175. The van der Waals surface area contributed by atoms with Crippen LogP contribution in [0.25, 0.3) is 0 Å². The van der Waals surface area contributed by atoms with Crippen LogP contribution in [0, 0.1) is 12.8 Å². The molecule has 16 heavy (non-hydrogen) atoms. The van der Waals surface area contributed by atoms with Crippen molar-refractivity contribution in [3.8, 4) is 0 Å². The highest BCUT2D eigenvalue weighted by atomic mass is 16.3. The molecular formula is C13H22N2O. The highest BCUT2D eigenvalue weighted by Gasteiger charge is 2.26. The number of aromatic nitrogens is 1. The van der Waals surface area contributed by atoms with E-state index in [1.807, 2.05) is 32.0 Å². The Morgan fingerprint density at radius 2 is 2.19 bits per heavy atom. The maximum atomic E-state index is 10.2. The van der Waals surface area contributed by atoms with Gasteiger partial charge in [-0.15, -0.1) is 0 Å². The van der Waals surface area contributed by atoms with Gasteiger partial charge >= 0.3 is 0 Å². The van der Waals surface area contributed by atoms with Crippen LogP contribution >= 0.6 is 0 Å². The zero-order valence-corrected chi connectivity index (χ0v) is 10.6. The van der Waals surface area contributed by atoms with Gasteiger partial charge in [0.25, 0.3) is 0 Å². The van der Waals surface area contributed by atoms with Crippen LogP contribution < -0.4 is 5.32 Å². The van der Waals surface area contributed by atoms with E-state index >= 15 is 0 Å². The van der Waals surface area contributed by atoms with Gasteiger partial charge < -0.3 is 10.4 Å². The number of rotatable bonds is 5. The summed E-state index contributed by atoms with van der Waals surface area (Å²) in [6.45, 7) is 8.50. The molecule has 0 saturated heterocycles. The SMILES string of the molecule is CCC(C)C(C)(O)CNc1cccc(C)n1. The van der Waals surface area contributed by atoms with Crippen LogP contribution in [0.5, 0.6) is 0 Å². The molecule has 0 bridgehead atoms. The lowest BCUT2D eigenvalue weighted by Gasteiger charge is -2.30. The predicted molar refractivity (Wildman–Crippen MR) is 67.5 cm³/mol. The Morgan fingerprint density at radius 1 is 1.50 bits per heavy atom. The van der Waals surface area contributed by atoms with Gasteiger partial charge in [-0.05, 0) is 31.9 Å². The van der Waals surface area contributed by atoms with Gasteiger partial charge in [0, 0.05) is 12.2 Å². The molecule has 1 rings (SSSR count). The van der Waals surface area contributed by atoms with Gasteiger partial charge in [0.1, 0.15) is 5.82 Å². The fourth-order valence-electron chi connectivity index (χ4n) is 1.52. The summed E-state index contributed by atoms with van der Waals surface area (Å²) in [6, 6.07) is 5.83. The first kappa shape index (κ1) is 13.0. The monoisotopic (exact) mass is 222 g/mol. The second kappa shape index (κ2) is 5.30. The van der Waals surface area contributed by atoms with Crippen molar-refractivity contribution in [2.75, 3.05) is 11.9 Å². The number of anilines is 1. The molecular weight excluding hydrogens is 200 g/mol. The molecule has 0 fully saturated rings. The van der Waals surface area contributed by atoms with E-state index in [1.54, 1.807) is 0 Å². The number of aliphatic hydroxyl groups is 1. The van der Waals surface area contributed by atoms with Gasteiger partial charge in [-0.2, -0.15) is 0 Å². The molecule has 0 aliphatic carbocycles. The summed E-state index contributed by atoms with van der Waals surface area (Å²) in [6.07, 6.45) is 0.968. The topological polar surface area (TPSA) is 45.1 Å². The first-order valence-electron chi connectivity index (χ1n) is 5.85. The molecule has 0 saturated carbocycles. The van der Waals surface area contributed by atoms with E-state index in [0.717, 1.165) is 17.9 Å². The molecule has 2 N–H and O–H groups in total. The maximum Gasteiger partial charge on any atom is 0.126 e. The van der Waals surface area contributed by atoms with E-state index in [1.165, 1.54) is 0 Å². The van der Waals surface area contributed by atoms with Crippen LogP contribution in [0.2, 0.25) is 0 Å². The molecule has 0 amide bonds. The minimum atomic E-state index is -0.694. The highest BCUT2D eigenvalue weighted by molar-refractivity contribution is 5.35. The number of pyridine rings is 1. The van der Waals surface area contributed by atoms with Crippen molar-refractivity contribution in [2.45, 2.75) is 39.7 Å². The standard InChI is InChI=1S/C13H22N2O/c1-5-10(2)13(4,16)9-14-12-8-6-7-11(3)15-12/h6-8,10,16H,5,9H2,1-4H3,(H,14,15). The summed E-state index contributed by atoms with van der Waals surface area (Å²) in [5.41, 5.74) is 0.286. The Kier molecular flexibility index (Phi) is 4.30. The van der Waals surface area contributed by atoms with Gasteiger partial charge in [0.2, 0.25) is 0 Å². The maximum absolute atomic E-state index is 10.2. The van der Waals surface area contributed by atoms with Crippen LogP contribution in [0.15, 0.2) is 18.2 Å². The summed E-state index contributed by atoms with van der Waals surface area (Å²) < 4.78 is 0. The normalized spacial score (nSPS) is 16.6. The van der Waals surface area contributed by atoms with E-state index < -0.39 is 5.60 Å². The molecule has 3 nitrogen and oxygen atoms in total. The summed E-state index contributed by atoms with van der Waals surface area (Å²) in [5.74, 6) is 1.09. The van der Waals surface area contributed by atoms with Gasteiger partial charge in [0.15, 0.2) is 0 Å². The fraction of sp³-hybridized carbons (Fsp3) is 0.615. The van der Waals surface area contributed by atoms with Crippen molar-refractivity contribution in [1.29, 1.82) is 0 Å². The molecule has 0 aliphatic rings. The minimum Gasteiger partial charge on any atom is -0.388 e. The number of hydrogen-bond donors (Lipinski definition) is 2. The van der Waals surface area contributed by atoms with Crippen molar-refractivity contribution in [3.05, 3.63) is 23.9 Å². The Labute approximate surface area is 97.9 Å². The molecule has 1 aromatic rings. The third kappa shape index (κ3) is 3.49. The summed E-state index contributed by atoms with van der Waals surface area (Å²) in [5, 5.41) is 13.4. The first-order chi connectivity index (χ1) is 7.45. The van der Waals surface area contributed by atoms with Crippen molar-refractivity contribution < 1.29 is 5.11 Å². The van der Waals surface area contributed by atoms with E-state index in [-0.39, 0.29) is 5.92 Å². The zero-order chi connectivity index (χ0) is 12.2. The van der Waals surface area contributed by atoms with Crippen molar-refractivity contribution in [1.82, 2.24) is 4.98 Å². The van der Waals surface area contributed by atoms with E-state index in [9.17, 15) is 5.11 Å². The van der Waals surface area contributed by atoms with Crippen molar-refractivity contribution in [2.24, 2.45) is 5.92 Å². The van der Waals surface area contributed by atoms with Gasteiger partial charge in [0.05, 0.1) is 5.60 Å². The Morgan fingerprint density at radius 3 is 2.75 bits per heavy atom. The largest absolute Gasteiger partial charge is 0.388 e. The van der Waals surface area contributed by atoms with Gasteiger partial charge in [-0.3, -0.25) is 0 Å². The fourth-order valence-corrected chi connectivity index (χ4v) is 1.52. The quantitative estimate of drug-likeness (QED) is 0.805. The summed E-state index contributed by atoms with van der Waals surface area (Å²) in [4.78, 5) is 4.34. The molecule has 1 aromatic heterocycles. The highest BCUT2D eigenvalue weighted by Crippen LogP contribution is 2.20. The van der Waals surface area contributed by atoms with Gasteiger partial charge in [-0.25, -0.2) is 4.98 Å². The average molecular weight is 222 g/mol. The first-order valence-corrected chi connectivity index (χ1v) is 5.85. The second-order valence-electron chi connectivity index (χ2n) is 4.68. The third-order valence-corrected chi connectivity index (χ3v) is 3.19. The van der Waals surface area contributed by atoms with Crippen LogP contribution in [0.1, 0.15) is 32.9 Å². The third-order valence-electron chi connectivity index (χ3n) is 3.19. The summed E-state index contributed by atoms with van der Waals surface area (Å²) >= 11 is 0. The number of nitrogens with zero attached hydrogens (tertiary/aromatic N) is 1. The van der Waals surface area contributed by atoms with E-state index in [2.05, 4.69) is 24.1 Å². The summed E-state index contributed by atoms with van der Waals surface area (Å²) in [7, 11) is 0. The van der Waals surface area contributed by atoms with Crippen LogP contribution in [-0.4, -0.2) is 22.2 Å². The molecule has 0 aromatic carbocycles. The van der Waals surface area contributed by atoms with Crippen LogP contribution in [-0.2, 0) is 0 Å². The minimum absolute atomic E-state index is 0.268. The molecule has 2 unspecified atom stereocenters. The van der Waals surface area contributed by atoms with Crippen molar-refractivity contribution >= 4 is 5.82 Å². The molecule has 3 heteroatoms. The molecule has 0 aliphatic heterocycles. The van der Waals surface area contributed by atoms with Crippen LogP contribution in [0.4, 0.5) is 5.82 Å². The Hall–Kier alpha value is -1.09. The van der Waals surface area contributed by atoms with Crippen LogP contribution in [0.3, 0.4) is 0 Å². The number of aryl methyl sites for hydroxylation is 1. The Balaban J connectivity index is 2.57. The number of hydrogen-bond acceptors (Lipinski definition) is 3. The second-order valence-corrected chi connectivity index (χ2v) is 4.68. The lowest BCUT2D eigenvalue weighted by atomic mass is 9.89.